The van der Waals surface area contributed by atoms with Crippen molar-refractivity contribution in [1.82, 2.24) is 0 Å². The minimum Gasteiger partial charge on any atom is -0.392 e. The molecule has 0 aliphatic carbocycles. The third-order valence-electron chi connectivity index (χ3n) is 2.19. The molecule has 1 aromatic carbocycles. The van der Waals surface area contributed by atoms with E-state index in [2.05, 4.69) is 12.1 Å². The summed E-state index contributed by atoms with van der Waals surface area (Å²) in [6, 6.07) is 10.2. The monoisotopic (exact) mass is 208 g/mol. The predicted octanol–water partition coefficient (Wildman–Crippen LogP) is 1.62. The first-order chi connectivity index (χ1) is 6.70. The Hall–Kier alpha value is -0.930. The largest absolute Gasteiger partial charge is 0.392 e. The van der Waals surface area contributed by atoms with Crippen molar-refractivity contribution in [3.8, 4) is 0 Å². The van der Waals surface area contributed by atoms with Gasteiger partial charge in [0.05, 0.1) is 11.0 Å². The van der Waals surface area contributed by atoms with Crippen LogP contribution in [0.2, 0.25) is 0 Å². The molecule has 0 bridgehead atoms. The zero-order chi connectivity index (χ0) is 10.4. The highest BCUT2D eigenvalue weighted by Gasteiger charge is 2.04. The second-order valence-corrected chi connectivity index (χ2v) is 3.86. The molecule has 1 atom stereocenters. The van der Waals surface area contributed by atoms with Gasteiger partial charge in [0.15, 0.2) is 0 Å². The molecule has 0 aliphatic heterocycles. The van der Waals surface area contributed by atoms with E-state index in [1.54, 1.807) is 0 Å². The molecular weight excluding hydrogens is 192 g/mol. The molecule has 76 valence electrons. The van der Waals surface area contributed by atoms with E-state index in [9.17, 15) is 0 Å². The zero-order valence-electron chi connectivity index (χ0n) is 8.15. The van der Waals surface area contributed by atoms with Crippen LogP contribution in [0.5, 0.6) is 0 Å². The van der Waals surface area contributed by atoms with Gasteiger partial charge in [-0.05, 0) is 24.8 Å². The van der Waals surface area contributed by atoms with Crippen LogP contribution in [0.3, 0.4) is 0 Å². The van der Waals surface area contributed by atoms with E-state index in [-0.39, 0.29) is 6.04 Å². The zero-order valence-corrected chi connectivity index (χ0v) is 8.96. The molecule has 0 aliphatic rings. The topological polar surface area (TPSA) is 52.0 Å². The normalized spacial score (nSPS) is 12.4. The second-order valence-electron chi connectivity index (χ2n) is 3.39. The van der Waals surface area contributed by atoms with Gasteiger partial charge >= 0.3 is 0 Å². The maximum atomic E-state index is 5.71. The quantitative estimate of drug-likeness (QED) is 0.723. The molecule has 0 aromatic heterocycles. The molecule has 0 radical (unpaired) electrons. The molecule has 4 N–H and O–H groups in total. The molecule has 3 heteroatoms. The fourth-order valence-electron chi connectivity index (χ4n) is 1.31. The summed E-state index contributed by atoms with van der Waals surface area (Å²) in [5, 5.41) is 0. The van der Waals surface area contributed by atoms with Crippen molar-refractivity contribution in [2.45, 2.75) is 25.3 Å². The molecular formula is C11H16N2S. The Bertz CT molecular complexity index is 285. The van der Waals surface area contributed by atoms with Crippen molar-refractivity contribution in [2.24, 2.45) is 11.5 Å². The van der Waals surface area contributed by atoms with Crippen LogP contribution in [0.1, 0.15) is 18.4 Å². The Kier molecular flexibility index (Phi) is 4.56. The van der Waals surface area contributed by atoms with Crippen LogP contribution in [0.15, 0.2) is 30.3 Å². The highest BCUT2D eigenvalue weighted by Crippen LogP contribution is 2.05. The summed E-state index contributed by atoms with van der Waals surface area (Å²) in [4.78, 5) is 0.415. The van der Waals surface area contributed by atoms with Crippen molar-refractivity contribution < 1.29 is 0 Å². The van der Waals surface area contributed by atoms with Crippen LogP contribution >= 0.6 is 12.2 Å². The second kappa shape index (κ2) is 5.73. The molecule has 14 heavy (non-hydrogen) atoms. The summed E-state index contributed by atoms with van der Waals surface area (Å²) in [6.07, 6.45) is 2.93. The van der Waals surface area contributed by atoms with Crippen LogP contribution in [-0.2, 0) is 6.42 Å². The van der Waals surface area contributed by atoms with E-state index in [4.69, 9.17) is 23.7 Å². The average Bonchev–Trinajstić information content (AvgIpc) is 2.19. The van der Waals surface area contributed by atoms with Crippen molar-refractivity contribution in [1.29, 1.82) is 0 Å². The maximum absolute atomic E-state index is 5.71. The number of aryl methyl sites for hydroxylation is 1. The lowest BCUT2D eigenvalue weighted by Gasteiger charge is -2.08. The van der Waals surface area contributed by atoms with Gasteiger partial charge in [-0.25, -0.2) is 0 Å². The Labute approximate surface area is 90.3 Å². The van der Waals surface area contributed by atoms with Crippen molar-refractivity contribution in [3.05, 3.63) is 35.9 Å². The van der Waals surface area contributed by atoms with Gasteiger partial charge in [-0.1, -0.05) is 42.5 Å². The molecule has 0 amide bonds. The van der Waals surface area contributed by atoms with Crippen molar-refractivity contribution in [3.63, 3.8) is 0 Å². The van der Waals surface area contributed by atoms with Gasteiger partial charge in [0.1, 0.15) is 0 Å². The number of rotatable bonds is 5. The molecule has 2 nitrogen and oxygen atoms in total. The number of benzene rings is 1. The first-order valence-electron chi connectivity index (χ1n) is 4.79. The smallest absolute Gasteiger partial charge is 0.0897 e. The van der Waals surface area contributed by atoms with Gasteiger partial charge in [-0.15, -0.1) is 0 Å². The lowest BCUT2D eigenvalue weighted by atomic mass is 10.1. The summed E-state index contributed by atoms with van der Waals surface area (Å²) >= 11 is 4.80. The number of thiocarbonyl (C=S) groups is 1. The number of hydrogen-bond donors (Lipinski definition) is 2. The Balaban J connectivity index is 2.26. The molecule has 1 rings (SSSR count). The first kappa shape index (κ1) is 11.1. The fraction of sp³-hybridized carbons (Fsp3) is 0.364. The van der Waals surface area contributed by atoms with Gasteiger partial charge in [-0.3, -0.25) is 0 Å². The maximum Gasteiger partial charge on any atom is 0.0897 e. The SMILES string of the molecule is NC(=S)[C@H](N)CCCc1ccccc1. The first-order valence-corrected chi connectivity index (χ1v) is 5.20. The van der Waals surface area contributed by atoms with Crippen LogP contribution in [-0.4, -0.2) is 11.0 Å². The molecule has 1 aromatic rings. The van der Waals surface area contributed by atoms with Crippen molar-refractivity contribution in [2.75, 3.05) is 0 Å². The van der Waals surface area contributed by atoms with E-state index in [0.717, 1.165) is 19.3 Å². The third-order valence-corrected chi connectivity index (χ3v) is 2.49. The van der Waals surface area contributed by atoms with Gasteiger partial charge in [0.2, 0.25) is 0 Å². The summed E-state index contributed by atoms with van der Waals surface area (Å²) in [7, 11) is 0. The van der Waals surface area contributed by atoms with E-state index >= 15 is 0 Å². The lowest BCUT2D eigenvalue weighted by molar-refractivity contribution is 0.690. The summed E-state index contributed by atoms with van der Waals surface area (Å²) in [5.74, 6) is 0. The van der Waals surface area contributed by atoms with E-state index in [1.165, 1.54) is 5.56 Å². The number of hydrogen-bond acceptors (Lipinski definition) is 2. The van der Waals surface area contributed by atoms with Crippen LogP contribution in [0.25, 0.3) is 0 Å². The Morgan fingerprint density at radius 3 is 2.50 bits per heavy atom. The Morgan fingerprint density at radius 1 is 1.29 bits per heavy atom. The third kappa shape index (κ3) is 3.85. The summed E-state index contributed by atoms with van der Waals surface area (Å²) in [5.41, 5.74) is 12.5. The highest BCUT2D eigenvalue weighted by atomic mass is 32.1. The van der Waals surface area contributed by atoms with E-state index in [0.29, 0.717) is 4.99 Å². The molecule has 0 heterocycles. The summed E-state index contributed by atoms with van der Waals surface area (Å²) < 4.78 is 0. The van der Waals surface area contributed by atoms with Crippen LogP contribution < -0.4 is 11.5 Å². The predicted molar refractivity (Wildman–Crippen MR) is 64.1 cm³/mol. The molecule has 0 saturated heterocycles. The van der Waals surface area contributed by atoms with E-state index in [1.807, 2.05) is 18.2 Å². The number of nitrogens with two attached hydrogens (primary N) is 2. The standard InChI is InChI=1S/C11H16N2S/c12-10(11(13)14)8-4-7-9-5-2-1-3-6-9/h1-3,5-6,10H,4,7-8,12H2,(H2,13,14)/t10-/m1/s1. The lowest BCUT2D eigenvalue weighted by Crippen LogP contribution is -2.34. The van der Waals surface area contributed by atoms with Gasteiger partial charge in [0, 0.05) is 0 Å². The minimum atomic E-state index is -0.131. The summed E-state index contributed by atoms with van der Waals surface area (Å²) in [6.45, 7) is 0. The minimum absolute atomic E-state index is 0.131. The molecule has 0 fully saturated rings. The van der Waals surface area contributed by atoms with Crippen molar-refractivity contribution >= 4 is 17.2 Å². The molecule has 0 saturated carbocycles. The van der Waals surface area contributed by atoms with E-state index < -0.39 is 0 Å². The van der Waals surface area contributed by atoms with Gasteiger partial charge in [0.25, 0.3) is 0 Å². The van der Waals surface area contributed by atoms with Crippen LogP contribution in [0, 0.1) is 0 Å². The fourth-order valence-corrected chi connectivity index (χ4v) is 1.43. The van der Waals surface area contributed by atoms with Gasteiger partial charge in [-0.2, -0.15) is 0 Å². The Morgan fingerprint density at radius 2 is 1.93 bits per heavy atom. The highest BCUT2D eigenvalue weighted by molar-refractivity contribution is 7.80. The van der Waals surface area contributed by atoms with Crippen LogP contribution in [0.4, 0.5) is 0 Å². The van der Waals surface area contributed by atoms with Gasteiger partial charge < -0.3 is 11.5 Å². The molecule has 0 unspecified atom stereocenters. The average molecular weight is 208 g/mol. The molecule has 0 spiro atoms.